The minimum absolute atomic E-state index is 0.0811. The number of nitrogens with one attached hydrogen (secondary N) is 1. The number of hydrogen-bond acceptors (Lipinski definition) is 2. The normalized spacial score (nSPS) is 13.6. The maximum atomic E-state index is 13.5. The van der Waals surface area contributed by atoms with Gasteiger partial charge in [0.1, 0.15) is 10.7 Å². The number of benzene rings is 1. The Morgan fingerprint density at radius 2 is 2.17 bits per heavy atom. The summed E-state index contributed by atoms with van der Waals surface area (Å²) in [6.45, 7) is 2.11. The van der Waals surface area contributed by atoms with E-state index in [1.165, 1.54) is 12.1 Å². The molecule has 7 heteroatoms. The zero-order chi connectivity index (χ0) is 13.8. The fraction of sp³-hybridized carbons (Fsp3) is 0.455. The smallest absolute Gasteiger partial charge is 0.211 e. The lowest BCUT2D eigenvalue weighted by molar-refractivity contribution is 0.554. The van der Waals surface area contributed by atoms with Crippen molar-refractivity contribution < 1.29 is 12.8 Å². The third-order valence-electron chi connectivity index (χ3n) is 2.38. The Morgan fingerprint density at radius 3 is 2.72 bits per heavy atom. The van der Waals surface area contributed by atoms with E-state index in [2.05, 4.69) is 20.7 Å². The van der Waals surface area contributed by atoms with Crippen LogP contribution in [0.15, 0.2) is 27.6 Å². The molecule has 1 aromatic carbocycles. The van der Waals surface area contributed by atoms with Gasteiger partial charge in [-0.05, 0) is 31.0 Å². The minimum atomic E-state index is -3.82. The van der Waals surface area contributed by atoms with Crippen molar-refractivity contribution in [1.29, 1.82) is 0 Å². The lowest BCUT2D eigenvalue weighted by Gasteiger charge is -2.09. The number of sulfonamides is 1. The van der Waals surface area contributed by atoms with E-state index < -0.39 is 15.8 Å². The van der Waals surface area contributed by atoms with Crippen molar-refractivity contribution in [2.45, 2.75) is 30.0 Å². The van der Waals surface area contributed by atoms with Crippen molar-refractivity contribution in [3.63, 3.8) is 0 Å². The quantitative estimate of drug-likeness (QED) is 0.793. The Hall–Kier alpha value is -0.170. The molecular weight excluding hydrogens is 345 g/mol. The van der Waals surface area contributed by atoms with Gasteiger partial charge < -0.3 is 0 Å². The molecule has 1 aromatic rings. The molecule has 0 aliphatic rings. The third kappa shape index (κ3) is 4.50. The first-order valence-electron chi connectivity index (χ1n) is 5.45. The van der Waals surface area contributed by atoms with Crippen LogP contribution in [0.3, 0.4) is 0 Å². The summed E-state index contributed by atoms with van der Waals surface area (Å²) in [5.41, 5.74) is 0. The van der Waals surface area contributed by atoms with Crippen LogP contribution in [0.4, 0.5) is 4.39 Å². The highest BCUT2D eigenvalue weighted by Gasteiger charge is 2.18. The molecule has 0 saturated carbocycles. The first-order valence-corrected chi connectivity index (χ1v) is 8.17. The molecule has 0 amide bonds. The molecule has 0 aliphatic carbocycles. The summed E-state index contributed by atoms with van der Waals surface area (Å²) in [4.78, 5) is -0.353. The van der Waals surface area contributed by atoms with Gasteiger partial charge in [0.15, 0.2) is 0 Å². The second-order valence-electron chi connectivity index (χ2n) is 3.77. The Balaban J connectivity index is 2.74. The highest BCUT2D eigenvalue weighted by Crippen LogP contribution is 2.19. The largest absolute Gasteiger partial charge is 0.243 e. The second-order valence-corrected chi connectivity index (χ2v) is 7.03. The number of alkyl halides is 1. The van der Waals surface area contributed by atoms with Crippen molar-refractivity contribution in [2.75, 3.05) is 6.54 Å². The van der Waals surface area contributed by atoms with Gasteiger partial charge in [0.25, 0.3) is 0 Å². The summed E-state index contributed by atoms with van der Waals surface area (Å²) in [6, 6.07) is 3.82. The van der Waals surface area contributed by atoms with Crippen molar-refractivity contribution >= 4 is 37.6 Å². The van der Waals surface area contributed by atoms with Gasteiger partial charge in [0.2, 0.25) is 10.0 Å². The van der Waals surface area contributed by atoms with Crippen LogP contribution in [0.1, 0.15) is 19.8 Å². The van der Waals surface area contributed by atoms with Crippen molar-refractivity contribution in [3.8, 4) is 0 Å². The third-order valence-corrected chi connectivity index (χ3v) is 4.89. The molecule has 0 aromatic heterocycles. The topological polar surface area (TPSA) is 46.2 Å². The monoisotopic (exact) mass is 357 g/mol. The van der Waals surface area contributed by atoms with E-state index in [1.54, 1.807) is 0 Å². The fourth-order valence-corrected chi connectivity index (χ4v) is 2.87. The molecule has 1 atom stereocenters. The van der Waals surface area contributed by atoms with Gasteiger partial charge in [-0.25, -0.2) is 17.5 Å². The van der Waals surface area contributed by atoms with Crippen LogP contribution in [0.2, 0.25) is 0 Å². The number of halogens is 3. The maximum absolute atomic E-state index is 13.5. The Kier molecular flexibility index (Phi) is 6.04. The number of hydrogen-bond donors (Lipinski definition) is 1. The van der Waals surface area contributed by atoms with E-state index in [0.29, 0.717) is 10.9 Å². The summed E-state index contributed by atoms with van der Waals surface area (Å²) < 4.78 is 40.0. The van der Waals surface area contributed by atoms with Crippen LogP contribution in [-0.2, 0) is 10.0 Å². The summed E-state index contributed by atoms with van der Waals surface area (Å²) in [6.07, 6.45) is 1.27. The second kappa shape index (κ2) is 6.84. The van der Waals surface area contributed by atoms with E-state index in [-0.39, 0.29) is 16.8 Å². The fourth-order valence-electron chi connectivity index (χ4n) is 1.32. The van der Waals surface area contributed by atoms with Gasteiger partial charge in [-0.1, -0.05) is 22.9 Å². The molecule has 18 heavy (non-hydrogen) atoms. The van der Waals surface area contributed by atoms with E-state index in [1.807, 2.05) is 6.92 Å². The standard InChI is InChI=1S/C11H14BrClFNO2S/c1-2-9(13)5-6-15-18(16,17)11-4-3-8(12)7-10(11)14/h3-4,7,9,15H,2,5-6H2,1H3. The van der Waals surface area contributed by atoms with Gasteiger partial charge in [0.05, 0.1) is 0 Å². The molecule has 0 bridgehead atoms. The Labute approximate surface area is 120 Å². The maximum Gasteiger partial charge on any atom is 0.243 e. The van der Waals surface area contributed by atoms with E-state index in [9.17, 15) is 12.8 Å². The molecule has 0 aliphatic heterocycles. The average molecular weight is 359 g/mol. The molecule has 0 radical (unpaired) electrons. The summed E-state index contributed by atoms with van der Waals surface area (Å²) >= 11 is 8.95. The minimum Gasteiger partial charge on any atom is -0.211 e. The summed E-state index contributed by atoms with van der Waals surface area (Å²) in [5.74, 6) is -0.783. The molecule has 3 nitrogen and oxygen atoms in total. The Bertz CT molecular complexity index is 510. The molecular formula is C11H14BrClFNO2S. The van der Waals surface area contributed by atoms with Gasteiger partial charge in [-0.2, -0.15) is 0 Å². The van der Waals surface area contributed by atoms with E-state index in [0.717, 1.165) is 12.5 Å². The molecule has 1 unspecified atom stereocenters. The van der Waals surface area contributed by atoms with Crippen LogP contribution in [0.5, 0.6) is 0 Å². The lowest BCUT2D eigenvalue weighted by atomic mass is 10.2. The average Bonchev–Trinajstić information content (AvgIpc) is 2.27. The predicted molar refractivity (Wildman–Crippen MR) is 73.8 cm³/mol. The first kappa shape index (κ1) is 15.9. The molecule has 0 fully saturated rings. The molecule has 0 heterocycles. The number of rotatable bonds is 6. The van der Waals surface area contributed by atoms with Crippen LogP contribution < -0.4 is 4.72 Å². The predicted octanol–water partition coefficient (Wildman–Crippen LogP) is 3.27. The summed E-state index contributed by atoms with van der Waals surface area (Å²) in [5, 5.41) is -0.0811. The van der Waals surface area contributed by atoms with Crippen LogP contribution in [0.25, 0.3) is 0 Å². The zero-order valence-corrected chi connectivity index (χ0v) is 12.9. The van der Waals surface area contributed by atoms with E-state index in [4.69, 9.17) is 11.6 Å². The van der Waals surface area contributed by atoms with Crippen molar-refractivity contribution in [3.05, 3.63) is 28.5 Å². The van der Waals surface area contributed by atoms with Crippen LogP contribution >= 0.6 is 27.5 Å². The highest BCUT2D eigenvalue weighted by atomic mass is 79.9. The van der Waals surface area contributed by atoms with Gasteiger partial charge in [-0.3, -0.25) is 0 Å². The molecule has 1 N–H and O–H groups in total. The highest BCUT2D eigenvalue weighted by molar-refractivity contribution is 9.10. The summed E-state index contributed by atoms with van der Waals surface area (Å²) in [7, 11) is -3.82. The molecule has 0 saturated heterocycles. The van der Waals surface area contributed by atoms with Gasteiger partial charge in [-0.15, -0.1) is 11.6 Å². The first-order chi connectivity index (χ1) is 8.36. The van der Waals surface area contributed by atoms with Crippen LogP contribution in [-0.4, -0.2) is 20.3 Å². The van der Waals surface area contributed by atoms with Crippen LogP contribution in [0, 0.1) is 5.82 Å². The van der Waals surface area contributed by atoms with Gasteiger partial charge in [0, 0.05) is 16.4 Å². The molecule has 102 valence electrons. The SMILES string of the molecule is CCC(Cl)CCNS(=O)(=O)c1ccc(Br)cc1F. The van der Waals surface area contributed by atoms with Crippen molar-refractivity contribution in [2.24, 2.45) is 0 Å². The zero-order valence-electron chi connectivity index (χ0n) is 9.79. The lowest BCUT2D eigenvalue weighted by Crippen LogP contribution is -2.27. The van der Waals surface area contributed by atoms with Gasteiger partial charge >= 0.3 is 0 Å². The molecule has 0 spiro atoms. The van der Waals surface area contributed by atoms with E-state index >= 15 is 0 Å². The molecule has 1 rings (SSSR count). The Morgan fingerprint density at radius 1 is 1.50 bits per heavy atom. The van der Waals surface area contributed by atoms with Crippen molar-refractivity contribution in [1.82, 2.24) is 4.72 Å².